The van der Waals surface area contributed by atoms with Gasteiger partial charge in [0.2, 0.25) is 0 Å². The first-order valence-corrected chi connectivity index (χ1v) is 7.97. The Kier molecular flexibility index (Phi) is 4.18. The van der Waals surface area contributed by atoms with E-state index in [4.69, 9.17) is 23.2 Å². The van der Waals surface area contributed by atoms with Gasteiger partial charge >= 0.3 is 0 Å². The van der Waals surface area contributed by atoms with Crippen LogP contribution in [0.4, 0.5) is 0 Å². The van der Waals surface area contributed by atoms with Crippen molar-refractivity contribution >= 4 is 34.7 Å². The Hall–Kier alpha value is -1.47. The van der Waals surface area contributed by atoms with Gasteiger partial charge in [-0.05, 0) is 29.6 Å². The zero-order valence-electron chi connectivity index (χ0n) is 11.6. The van der Waals surface area contributed by atoms with E-state index in [0.29, 0.717) is 4.88 Å². The second-order valence-electron chi connectivity index (χ2n) is 4.88. The predicted molar refractivity (Wildman–Crippen MR) is 86.3 cm³/mol. The molecule has 8 heteroatoms. The SMILES string of the molecule is Cc1ccccc1C(O)(Cn1cncn1)c1snc(Cl)c1Cl. The minimum Gasteiger partial charge on any atom is -0.377 e. The molecule has 1 N–H and O–H groups in total. The summed E-state index contributed by atoms with van der Waals surface area (Å²) in [7, 11) is 0. The van der Waals surface area contributed by atoms with E-state index in [1.54, 1.807) is 11.0 Å². The van der Waals surface area contributed by atoms with Crippen LogP contribution < -0.4 is 0 Å². The lowest BCUT2D eigenvalue weighted by atomic mass is 9.88. The molecular formula is C14H12Cl2N4OS. The highest BCUT2D eigenvalue weighted by molar-refractivity contribution is 7.07. The largest absolute Gasteiger partial charge is 0.377 e. The van der Waals surface area contributed by atoms with E-state index in [2.05, 4.69) is 14.5 Å². The summed E-state index contributed by atoms with van der Waals surface area (Å²) in [5.41, 5.74) is 0.277. The predicted octanol–water partition coefficient (Wildman–Crippen LogP) is 3.29. The fourth-order valence-electron chi connectivity index (χ4n) is 2.38. The fraction of sp³-hybridized carbons (Fsp3) is 0.214. The summed E-state index contributed by atoms with van der Waals surface area (Å²) in [5.74, 6) is 0. The maximum Gasteiger partial charge on any atom is 0.161 e. The lowest BCUT2D eigenvalue weighted by molar-refractivity contribution is 0.0604. The minimum atomic E-state index is -1.39. The van der Waals surface area contributed by atoms with E-state index in [1.165, 1.54) is 6.33 Å². The van der Waals surface area contributed by atoms with Gasteiger partial charge in [-0.15, -0.1) is 0 Å². The first kappa shape index (κ1) is 15.4. The van der Waals surface area contributed by atoms with E-state index in [0.717, 1.165) is 22.7 Å². The fourth-order valence-corrected chi connectivity index (χ4v) is 3.75. The van der Waals surface area contributed by atoms with E-state index in [1.807, 2.05) is 31.2 Å². The first-order valence-electron chi connectivity index (χ1n) is 6.44. The number of hydrogen-bond acceptors (Lipinski definition) is 5. The Labute approximate surface area is 141 Å². The zero-order valence-corrected chi connectivity index (χ0v) is 13.9. The van der Waals surface area contributed by atoms with Gasteiger partial charge in [0.1, 0.15) is 18.3 Å². The molecule has 0 bridgehead atoms. The molecule has 114 valence electrons. The molecule has 5 nitrogen and oxygen atoms in total. The topological polar surface area (TPSA) is 63.8 Å². The smallest absolute Gasteiger partial charge is 0.161 e. The van der Waals surface area contributed by atoms with Crippen LogP contribution in [0.15, 0.2) is 36.9 Å². The summed E-state index contributed by atoms with van der Waals surface area (Å²) < 4.78 is 5.59. The summed E-state index contributed by atoms with van der Waals surface area (Å²) in [6, 6.07) is 7.57. The average molecular weight is 355 g/mol. The van der Waals surface area contributed by atoms with Crippen molar-refractivity contribution in [2.75, 3.05) is 0 Å². The van der Waals surface area contributed by atoms with Gasteiger partial charge in [0.15, 0.2) is 5.15 Å². The summed E-state index contributed by atoms with van der Waals surface area (Å²) in [5, 5.41) is 16.0. The Bertz CT molecular complexity index is 790. The molecule has 3 rings (SSSR count). The van der Waals surface area contributed by atoms with Crippen LogP contribution in [0.5, 0.6) is 0 Å². The van der Waals surface area contributed by atoms with E-state index in [-0.39, 0.29) is 16.7 Å². The molecule has 22 heavy (non-hydrogen) atoms. The normalized spacial score (nSPS) is 14.0. The molecule has 2 heterocycles. The van der Waals surface area contributed by atoms with Crippen LogP contribution >= 0.6 is 34.7 Å². The van der Waals surface area contributed by atoms with Gasteiger partial charge in [0.25, 0.3) is 0 Å². The first-order chi connectivity index (χ1) is 10.5. The van der Waals surface area contributed by atoms with Crippen molar-refractivity contribution in [3.05, 3.63) is 63.1 Å². The zero-order chi connectivity index (χ0) is 15.7. The second-order valence-corrected chi connectivity index (χ2v) is 6.39. The Morgan fingerprint density at radius 1 is 1.32 bits per heavy atom. The number of halogens is 2. The maximum atomic E-state index is 11.4. The average Bonchev–Trinajstić information content (AvgIpc) is 3.11. The van der Waals surface area contributed by atoms with Crippen LogP contribution in [0.1, 0.15) is 16.0 Å². The van der Waals surface area contributed by atoms with Gasteiger partial charge in [0.05, 0.1) is 16.4 Å². The number of aromatic nitrogens is 4. The van der Waals surface area contributed by atoms with Gasteiger partial charge in [-0.1, -0.05) is 47.5 Å². The minimum absolute atomic E-state index is 0.163. The standard InChI is InChI=1S/C14H12Cl2N4OS/c1-9-4-2-3-5-10(9)14(21,6-20-8-17-7-18-20)12-11(15)13(16)19-22-12/h2-5,7-8,21H,6H2,1H3. The van der Waals surface area contributed by atoms with Gasteiger partial charge in [0, 0.05) is 0 Å². The monoisotopic (exact) mass is 354 g/mol. The summed E-state index contributed by atoms with van der Waals surface area (Å²) in [6.07, 6.45) is 2.96. The van der Waals surface area contributed by atoms with E-state index >= 15 is 0 Å². The molecule has 0 saturated carbocycles. The lowest BCUT2D eigenvalue weighted by Gasteiger charge is -2.29. The summed E-state index contributed by atoms with van der Waals surface area (Å²) >= 11 is 13.3. The van der Waals surface area contributed by atoms with Crippen LogP contribution in [0.25, 0.3) is 0 Å². The highest BCUT2D eigenvalue weighted by Gasteiger charge is 2.38. The number of hydrogen-bond donors (Lipinski definition) is 1. The van der Waals surface area contributed by atoms with Crippen LogP contribution in [0, 0.1) is 6.92 Å². The second kappa shape index (κ2) is 5.96. The van der Waals surface area contributed by atoms with Crippen LogP contribution in [-0.4, -0.2) is 24.2 Å². The molecule has 0 radical (unpaired) electrons. The molecule has 0 fully saturated rings. The molecule has 1 atom stereocenters. The van der Waals surface area contributed by atoms with Crippen molar-refractivity contribution < 1.29 is 5.11 Å². The molecule has 3 aromatic rings. The Morgan fingerprint density at radius 3 is 2.68 bits per heavy atom. The molecule has 0 amide bonds. The molecule has 0 aliphatic heterocycles. The van der Waals surface area contributed by atoms with E-state index in [9.17, 15) is 5.11 Å². The lowest BCUT2D eigenvalue weighted by Crippen LogP contribution is -2.33. The van der Waals surface area contributed by atoms with Crippen molar-refractivity contribution in [1.82, 2.24) is 19.1 Å². The van der Waals surface area contributed by atoms with Crippen LogP contribution in [0.3, 0.4) is 0 Å². The van der Waals surface area contributed by atoms with Crippen molar-refractivity contribution in [3.8, 4) is 0 Å². The van der Waals surface area contributed by atoms with Crippen LogP contribution in [-0.2, 0) is 12.1 Å². The summed E-state index contributed by atoms with van der Waals surface area (Å²) in [6.45, 7) is 2.09. The third kappa shape index (κ3) is 2.63. The molecule has 0 aliphatic carbocycles. The van der Waals surface area contributed by atoms with Gasteiger partial charge in [-0.2, -0.15) is 9.47 Å². The van der Waals surface area contributed by atoms with Crippen molar-refractivity contribution in [3.63, 3.8) is 0 Å². The van der Waals surface area contributed by atoms with Crippen LogP contribution in [0.2, 0.25) is 10.2 Å². The number of rotatable bonds is 4. The van der Waals surface area contributed by atoms with E-state index < -0.39 is 5.60 Å². The van der Waals surface area contributed by atoms with Crippen molar-refractivity contribution in [1.29, 1.82) is 0 Å². The third-order valence-corrected chi connectivity index (χ3v) is 5.37. The molecule has 0 spiro atoms. The highest BCUT2D eigenvalue weighted by Crippen LogP contribution is 2.42. The highest BCUT2D eigenvalue weighted by atomic mass is 35.5. The quantitative estimate of drug-likeness (QED) is 0.780. The third-order valence-electron chi connectivity index (χ3n) is 3.42. The molecule has 0 saturated heterocycles. The maximum absolute atomic E-state index is 11.4. The van der Waals surface area contributed by atoms with Crippen molar-refractivity contribution in [2.45, 2.75) is 19.1 Å². The number of aryl methyl sites for hydroxylation is 1. The molecule has 1 aromatic carbocycles. The molecule has 2 aromatic heterocycles. The molecule has 1 unspecified atom stereocenters. The Balaban J connectivity index is 2.18. The van der Waals surface area contributed by atoms with Gasteiger partial charge in [-0.25, -0.2) is 9.67 Å². The summed E-state index contributed by atoms with van der Waals surface area (Å²) in [4.78, 5) is 4.40. The van der Waals surface area contributed by atoms with Crippen molar-refractivity contribution in [2.24, 2.45) is 0 Å². The number of benzene rings is 1. The van der Waals surface area contributed by atoms with Gasteiger partial charge in [-0.3, -0.25) is 0 Å². The Morgan fingerprint density at radius 2 is 2.09 bits per heavy atom. The number of nitrogens with zero attached hydrogens (tertiary/aromatic N) is 4. The molecular weight excluding hydrogens is 343 g/mol. The number of aliphatic hydroxyl groups is 1. The van der Waals surface area contributed by atoms with Gasteiger partial charge < -0.3 is 5.11 Å². The molecule has 0 aliphatic rings.